The van der Waals surface area contributed by atoms with E-state index < -0.39 is 5.56 Å². The molecule has 0 aliphatic heterocycles. The van der Waals surface area contributed by atoms with Crippen molar-refractivity contribution in [3.05, 3.63) is 81.8 Å². The van der Waals surface area contributed by atoms with Gasteiger partial charge in [0.2, 0.25) is 0 Å². The highest BCUT2D eigenvalue weighted by Gasteiger charge is 2.18. The lowest BCUT2D eigenvalue weighted by atomic mass is 10.1. The number of ether oxygens (including phenoxy) is 1. The molecule has 0 atom stereocenters. The van der Waals surface area contributed by atoms with E-state index in [2.05, 4.69) is 9.97 Å². The Bertz CT molecular complexity index is 1520. The van der Waals surface area contributed by atoms with E-state index in [-0.39, 0.29) is 18.2 Å². The van der Waals surface area contributed by atoms with Crippen LogP contribution in [0.5, 0.6) is 5.75 Å². The van der Waals surface area contributed by atoms with Crippen LogP contribution in [0.2, 0.25) is 0 Å². The molecule has 0 saturated heterocycles. The maximum Gasteiger partial charge on any atom is 0.273 e. The van der Waals surface area contributed by atoms with Crippen LogP contribution in [0.15, 0.2) is 65.2 Å². The highest BCUT2D eigenvalue weighted by atomic mass is 32.2. The van der Waals surface area contributed by atoms with Crippen LogP contribution in [0.4, 0.5) is 3.89 Å². The fourth-order valence-electron chi connectivity index (χ4n) is 3.90. The van der Waals surface area contributed by atoms with Gasteiger partial charge in [-0.15, -0.1) is 15.2 Å². The second kappa shape index (κ2) is 9.90. The number of hydrogen-bond donors (Lipinski definition) is 0. The second-order valence-corrected chi connectivity index (χ2v) is 9.22. The predicted octanol–water partition coefficient (Wildman–Crippen LogP) is 6.02. The van der Waals surface area contributed by atoms with Crippen LogP contribution in [0.1, 0.15) is 24.5 Å². The minimum atomic E-state index is -0.475. The van der Waals surface area contributed by atoms with Gasteiger partial charge in [0.1, 0.15) is 11.4 Å². The summed E-state index contributed by atoms with van der Waals surface area (Å²) in [7, 11) is 0. The van der Waals surface area contributed by atoms with Crippen molar-refractivity contribution >= 4 is 44.7 Å². The number of aryl methyl sites for hydroxylation is 2. The molecule has 0 N–H and O–H groups in total. The third-order valence-electron chi connectivity index (χ3n) is 5.63. The minimum Gasteiger partial charge on any atom is -0.494 e. The van der Waals surface area contributed by atoms with Crippen LogP contribution in [0.25, 0.3) is 32.5 Å². The van der Waals surface area contributed by atoms with Crippen LogP contribution in [-0.4, -0.2) is 25.5 Å². The van der Waals surface area contributed by atoms with Gasteiger partial charge in [0.15, 0.2) is 18.2 Å². The molecule has 5 aromatic rings. The molecule has 1 aromatic carbocycles. The van der Waals surface area contributed by atoms with Gasteiger partial charge in [0, 0.05) is 18.6 Å². The van der Waals surface area contributed by atoms with Crippen molar-refractivity contribution in [2.45, 2.75) is 26.2 Å². The average Bonchev–Trinajstić information content (AvgIpc) is 3.35. The Morgan fingerprint density at radius 3 is 2.82 bits per heavy atom. The number of rotatable bonds is 8. The van der Waals surface area contributed by atoms with Crippen LogP contribution >= 0.6 is 23.7 Å². The summed E-state index contributed by atoms with van der Waals surface area (Å²) in [6.45, 7) is 2.49. The lowest BCUT2D eigenvalue weighted by molar-refractivity contribution is 0.311. The fourth-order valence-corrected chi connectivity index (χ4v) is 5.00. The van der Waals surface area contributed by atoms with E-state index in [1.165, 1.54) is 5.56 Å². The molecule has 0 radical (unpaired) electrons. The zero-order valence-electron chi connectivity index (χ0n) is 18.4. The number of thiophene rings is 1. The summed E-state index contributed by atoms with van der Waals surface area (Å²) in [5.74, 6) is 0.776. The standard InChI is InChI=1S/C25H21FN4O2S2/c1-2-17-12-19(32-10-3-4-16-5-8-27-9-6-16)14-20-23(17)29-24(30(34-26)25(20)31)21-13-18-7-11-33-22(18)15-28-21/h5-9,11-15H,2-4,10H2,1H3. The SMILES string of the molecule is CCc1cc(OCCCc2ccncc2)cc2c(=O)n(SF)c(-c3cc4ccsc4cn3)nc12. The molecule has 0 spiro atoms. The van der Waals surface area contributed by atoms with E-state index in [1.54, 1.807) is 36.0 Å². The normalized spacial score (nSPS) is 11.4. The number of pyridine rings is 2. The molecule has 5 rings (SSSR count). The maximum absolute atomic E-state index is 14.0. The lowest BCUT2D eigenvalue weighted by Crippen LogP contribution is -2.19. The van der Waals surface area contributed by atoms with Crippen molar-refractivity contribution in [1.29, 1.82) is 0 Å². The molecule has 0 aliphatic carbocycles. The molecule has 4 aromatic heterocycles. The topological polar surface area (TPSA) is 69.9 Å². The first-order chi connectivity index (χ1) is 16.7. The smallest absolute Gasteiger partial charge is 0.273 e. The van der Waals surface area contributed by atoms with Crippen molar-refractivity contribution < 1.29 is 8.62 Å². The zero-order valence-corrected chi connectivity index (χ0v) is 20.0. The summed E-state index contributed by atoms with van der Waals surface area (Å²) in [6, 6.07) is 11.3. The monoisotopic (exact) mass is 492 g/mol. The third-order valence-corrected chi connectivity index (χ3v) is 6.98. The highest BCUT2D eigenvalue weighted by molar-refractivity contribution is 7.92. The van der Waals surface area contributed by atoms with Crippen molar-refractivity contribution in [2.75, 3.05) is 6.61 Å². The summed E-state index contributed by atoms with van der Waals surface area (Å²) in [5, 5.41) is 3.27. The van der Waals surface area contributed by atoms with Gasteiger partial charge in [-0.2, -0.15) is 0 Å². The predicted molar refractivity (Wildman–Crippen MR) is 136 cm³/mol. The van der Waals surface area contributed by atoms with Gasteiger partial charge in [-0.25, -0.2) is 8.96 Å². The first-order valence-corrected chi connectivity index (χ1v) is 12.5. The van der Waals surface area contributed by atoms with Gasteiger partial charge in [0.25, 0.3) is 5.56 Å². The van der Waals surface area contributed by atoms with Gasteiger partial charge in [-0.1, -0.05) is 6.92 Å². The number of hydrogen-bond acceptors (Lipinski definition) is 7. The van der Waals surface area contributed by atoms with Gasteiger partial charge < -0.3 is 4.74 Å². The highest BCUT2D eigenvalue weighted by Crippen LogP contribution is 2.29. The molecule has 172 valence electrons. The van der Waals surface area contributed by atoms with Crippen LogP contribution in [0, 0.1) is 0 Å². The maximum atomic E-state index is 14.0. The quantitative estimate of drug-likeness (QED) is 0.247. The molecule has 0 saturated carbocycles. The zero-order chi connectivity index (χ0) is 23.5. The molecule has 0 aliphatic rings. The number of aromatic nitrogens is 4. The first kappa shape index (κ1) is 22.5. The summed E-state index contributed by atoms with van der Waals surface area (Å²) in [6.07, 6.45) is 7.62. The number of nitrogens with zero attached hydrogens (tertiary/aromatic N) is 4. The molecule has 4 heterocycles. The van der Waals surface area contributed by atoms with Crippen molar-refractivity contribution in [3.8, 4) is 17.3 Å². The van der Waals surface area contributed by atoms with Gasteiger partial charge in [-0.3, -0.25) is 14.8 Å². The number of halogens is 1. The fraction of sp³-hybridized carbons (Fsp3) is 0.200. The Hall–Kier alpha value is -3.30. The van der Waals surface area contributed by atoms with E-state index in [4.69, 9.17) is 9.72 Å². The van der Waals surface area contributed by atoms with Crippen molar-refractivity contribution in [3.63, 3.8) is 0 Å². The van der Waals surface area contributed by atoms with Crippen molar-refractivity contribution in [2.24, 2.45) is 0 Å². The Labute approximate surface area is 203 Å². The molecule has 6 nitrogen and oxygen atoms in total. The second-order valence-electron chi connectivity index (χ2n) is 7.77. The molecule has 0 fully saturated rings. The van der Waals surface area contributed by atoms with Crippen LogP contribution in [-0.2, 0) is 12.8 Å². The summed E-state index contributed by atoms with van der Waals surface area (Å²) < 4.78 is 21.9. The Morgan fingerprint density at radius 1 is 1.18 bits per heavy atom. The summed E-state index contributed by atoms with van der Waals surface area (Å²) in [4.78, 5) is 26.4. The van der Waals surface area contributed by atoms with Gasteiger partial charge >= 0.3 is 0 Å². The van der Waals surface area contributed by atoms with E-state index in [0.717, 1.165) is 32.5 Å². The molecule has 0 bridgehead atoms. The first-order valence-electron chi connectivity index (χ1n) is 10.9. The Morgan fingerprint density at radius 2 is 2.03 bits per heavy atom. The van der Waals surface area contributed by atoms with Crippen LogP contribution in [0.3, 0.4) is 0 Å². The molecule has 9 heteroatoms. The number of benzene rings is 1. The molecular weight excluding hydrogens is 471 g/mol. The van der Waals surface area contributed by atoms with Gasteiger partial charge in [0.05, 0.1) is 22.2 Å². The minimum absolute atomic E-state index is 0.164. The molecular formula is C25H21FN4O2S2. The molecule has 0 amide bonds. The molecule has 34 heavy (non-hydrogen) atoms. The number of fused-ring (bicyclic) bond motifs is 2. The van der Waals surface area contributed by atoms with Crippen LogP contribution < -0.4 is 10.3 Å². The third kappa shape index (κ3) is 4.41. The van der Waals surface area contributed by atoms with E-state index in [0.29, 0.717) is 35.4 Å². The van der Waals surface area contributed by atoms with E-state index in [1.807, 2.05) is 42.6 Å². The largest absolute Gasteiger partial charge is 0.494 e. The average molecular weight is 493 g/mol. The van der Waals surface area contributed by atoms with Crippen molar-refractivity contribution in [1.82, 2.24) is 18.9 Å². The Kier molecular flexibility index (Phi) is 6.55. The molecule has 0 unspecified atom stereocenters. The van der Waals surface area contributed by atoms with E-state index in [9.17, 15) is 8.68 Å². The Balaban J connectivity index is 1.49. The lowest BCUT2D eigenvalue weighted by Gasteiger charge is -2.13. The summed E-state index contributed by atoms with van der Waals surface area (Å²) in [5.41, 5.74) is 2.59. The summed E-state index contributed by atoms with van der Waals surface area (Å²) >= 11 is 1.41. The van der Waals surface area contributed by atoms with Gasteiger partial charge in [-0.05, 0) is 77.6 Å². The van der Waals surface area contributed by atoms with E-state index >= 15 is 0 Å².